The largest absolute Gasteiger partial charge is 0.457 e. The van der Waals surface area contributed by atoms with E-state index >= 15 is 0 Å². The van der Waals surface area contributed by atoms with E-state index < -0.39 is 0 Å². The molecule has 1 aliphatic heterocycles. The summed E-state index contributed by atoms with van der Waals surface area (Å²) in [4.78, 5) is 12.6. The van der Waals surface area contributed by atoms with Crippen LogP contribution in [-0.4, -0.2) is 5.91 Å². The molecule has 4 rings (SSSR count). The van der Waals surface area contributed by atoms with Crippen LogP contribution in [0.2, 0.25) is 10.0 Å². The number of ether oxygens (including phenoxy) is 1. The van der Waals surface area contributed by atoms with Crippen molar-refractivity contribution in [3.8, 4) is 11.5 Å². The highest BCUT2D eigenvalue weighted by Gasteiger charge is 2.29. The van der Waals surface area contributed by atoms with Crippen LogP contribution >= 0.6 is 55.1 Å². The Labute approximate surface area is 194 Å². The van der Waals surface area contributed by atoms with Crippen molar-refractivity contribution in [2.24, 2.45) is 0 Å². The zero-order valence-electron chi connectivity index (χ0n) is 15.0. The summed E-state index contributed by atoms with van der Waals surface area (Å²) in [7, 11) is 0. The van der Waals surface area contributed by atoms with Crippen molar-refractivity contribution in [2.75, 3.05) is 5.32 Å². The van der Waals surface area contributed by atoms with Crippen molar-refractivity contribution in [3.05, 3.63) is 84.2 Å². The van der Waals surface area contributed by atoms with Crippen LogP contribution < -0.4 is 10.1 Å². The van der Waals surface area contributed by atoms with Gasteiger partial charge < -0.3 is 10.1 Å². The molecule has 3 nitrogen and oxygen atoms in total. The molecule has 7 heteroatoms. The van der Waals surface area contributed by atoms with Gasteiger partial charge in [-0.25, -0.2) is 0 Å². The van der Waals surface area contributed by atoms with Crippen LogP contribution in [0.25, 0.3) is 11.6 Å². The van der Waals surface area contributed by atoms with Gasteiger partial charge in [0.1, 0.15) is 11.5 Å². The van der Waals surface area contributed by atoms with Gasteiger partial charge in [0.05, 0.1) is 15.7 Å². The zero-order chi connectivity index (χ0) is 20.7. The Morgan fingerprint density at radius 3 is 2.48 bits per heavy atom. The third kappa shape index (κ3) is 4.10. The third-order valence-corrected chi connectivity index (χ3v) is 6.71. The predicted molar refractivity (Wildman–Crippen MR) is 126 cm³/mol. The minimum atomic E-state index is -0.141. The molecule has 1 amide bonds. The van der Waals surface area contributed by atoms with Crippen LogP contribution in [0.5, 0.6) is 11.5 Å². The van der Waals surface area contributed by atoms with E-state index in [9.17, 15) is 4.79 Å². The fourth-order valence-corrected chi connectivity index (χ4v) is 4.67. The number of benzene rings is 3. The summed E-state index contributed by atoms with van der Waals surface area (Å²) in [6.07, 6.45) is 1.86. The summed E-state index contributed by atoms with van der Waals surface area (Å²) in [5, 5.41) is 3.83. The van der Waals surface area contributed by atoms with E-state index in [2.05, 4.69) is 37.2 Å². The number of hydrogen-bond acceptors (Lipinski definition) is 2. The Kier molecular flexibility index (Phi) is 5.76. The Bertz CT molecular complexity index is 1190. The standard InChI is InChI=1S/C22H13Br2Cl2NO2/c1-11-16(23)10-17(24)21-20(11)15(22(28)27-21)8-12-3-2-4-13(7-12)29-14-5-6-18(25)19(26)9-14/h2-10H,1H3,(H,27,28). The van der Waals surface area contributed by atoms with E-state index in [0.717, 1.165) is 31.3 Å². The van der Waals surface area contributed by atoms with Gasteiger partial charge in [-0.3, -0.25) is 4.79 Å². The second-order valence-corrected chi connectivity index (χ2v) is 9.00. The highest BCUT2D eigenvalue weighted by atomic mass is 79.9. The van der Waals surface area contributed by atoms with Crippen molar-refractivity contribution < 1.29 is 9.53 Å². The van der Waals surface area contributed by atoms with Gasteiger partial charge in [-0.1, -0.05) is 51.3 Å². The number of carbonyl (C=O) groups excluding carboxylic acids is 1. The molecule has 1 aliphatic rings. The molecule has 0 spiro atoms. The van der Waals surface area contributed by atoms with Gasteiger partial charge in [0.2, 0.25) is 0 Å². The van der Waals surface area contributed by atoms with Gasteiger partial charge in [-0.15, -0.1) is 0 Å². The lowest BCUT2D eigenvalue weighted by Crippen LogP contribution is -2.03. The molecule has 146 valence electrons. The van der Waals surface area contributed by atoms with Gasteiger partial charge in [0, 0.05) is 26.1 Å². The highest BCUT2D eigenvalue weighted by Crippen LogP contribution is 2.43. The minimum Gasteiger partial charge on any atom is -0.457 e. The van der Waals surface area contributed by atoms with Crippen molar-refractivity contribution in [3.63, 3.8) is 0 Å². The molecule has 3 aromatic rings. The summed E-state index contributed by atoms with van der Waals surface area (Å²) in [6, 6.07) is 14.5. The summed E-state index contributed by atoms with van der Waals surface area (Å²) in [6.45, 7) is 1.98. The number of hydrogen-bond donors (Lipinski definition) is 1. The van der Waals surface area contributed by atoms with Gasteiger partial charge in [-0.2, -0.15) is 0 Å². The number of fused-ring (bicyclic) bond motifs is 1. The molecule has 0 radical (unpaired) electrons. The summed E-state index contributed by atoms with van der Waals surface area (Å²) < 4.78 is 7.65. The maximum Gasteiger partial charge on any atom is 0.256 e. The second kappa shape index (κ2) is 8.15. The Morgan fingerprint density at radius 1 is 0.966 bits per heavy atom. The van der Waals surface area contributed by atoms with E-state index in [-0.39, 0.29) is 5.91 Å². The van der Waals surface area contributed by atoms with Gasteiger partial charge in [0.15, 0.2) is 0 Å². The zero-order valence-corrected chi connectivity index (χ0v) is 19.7. The van der Waals surface area contributed by atoms with E-state index in [0.29, 0.717) is 27.1 Å². The number of amides is 1. The highest BCUT2D eigenvalue weighted by molar-refractivity contribution is 9.11. The van der Waals surface area contributed by atoms with E-state index in [1.54, 1.807) is 18.2 Å². The second-order valence-electron chi connectivity index (χ2n) is 6.48. The normalized spacial score (nSPS) is 14.1. The maximum atomic E-state index is 12.6. The molecule has 3 aromatic carbocycles. The SMILES string of the molecule is Cc1c(Br)cc(Br)c2c1C(=Cc1cccc(Oc3ccc(Cl)c(Cl)c3)c1)C(=O)N2. The molecule has 1 heterocycles. The van der Waals surface area contributed by atoms with E-state index in [1.807, 2.05) is 43.3 Å². The lowest BCUT2D eigenvalue weighted by molar-refractivity contribution is -0.110. The first-order valence-electron chi connectivity index (χ1n) is 8.58. The molecule has 0 aromatic heterocycles. The van der Waals surface area contributed by atoms with Crippen LogP contribution in [0, 0.1) is 6.92 Å². The summed E-state index contributed by atoms with van der Waals surface area (Å²) >= 11 is 19.1. The van der Waals surface area contributed by atoms with Crippen molar-refractivity contribution in [1.29, 1.82) is 0 Å². The van der Waals surface area contributed by atoms with Gasteiger partial charge in [0.25, 0.3) is 5.91 Å². The molecule has 0 fully saturated rings. The first-order chi connectivity index (χ1) is 13.8. The van der Waals surface area contributed by atoms with E-state index in [1.165, 1.54) is 0 Å². The van der Waals surface area contributed by atoms with Crippen LogP contribution in [0.3, 0.4) is 0 Å². The fraction of sp³-hybridized carbons (Fsp3) is 0.0455. The van der Waals surface area contributed by atoms with E-state index in [4.69, 9.17) is 27.9 Å². The lowest BCUT2D eigenvalue weighted by Gasteiger charge is -2.09. The topological polar surface area (TPSA) is 38.3 Å². The van der Waals surface area contributed by atoms with Gasteiger partial charge >= 0.3 is 0 Å². The first kappa shape index (κ1) is 20.5. The smallest absolute Gasteiger partial charge is 0.256 e. The van der Waals surface area contributed by atoms with Crippen LogP contribution in [0.4, 0.5) is 5.69 Å². The average molecular weight is 554 g/mol. The number of halogens is 4. The third-order valence-electron chi connectivity index (χ3n) is 4.52. The lowest BCUT2D eigenvalue weighted by atomic mass is 9.99. The molecular weight excluding hydrogens is 541 g/mol. The minimum absolute atomic E-state index is 0.141. The number of nitrogens with one attached hydrogen (secondary N) is 1. The predicted octanol–water partition coefficient (Wildman–Crippen LogP) is 8.11. The number of anilines is 1. The van der Waals surface area contributed by atoms with Crippen molar-refractivity contribution in [2.45, 2.75) is 6.92 Å². The van der Waals surface area contributed by atoms with Crippen LogP contribution in [0.15, 0.2) is 57.5 Å². The molecule has 0 saturated heterocycles. The number of carbonyl (C=O) groups is 1. The molecule has 0 unspecified atom stereocenters. The quantitative estimate of drug-likeness (QED) is 0.333. The first-order valence-corrected chi connectivity index (χ1v) is 10.9. The summed E-state index contributed by atoms with van der Waals surface area (Å²) in [5.74, 6) is 1.07. The Balaban J connectivity index is 1.71. The fourth-order valence-electron chi connectivity index (χ4n) is 3.12. The molecular formula is C22H13Br2Cl2NO2. The van der Waals surface area contributed by atoms with Gasteiger partial charge in [-0.05, 0) is 70.4 Å². The molecule has 0 aliphatic carbocycles. The van der Waals surface area contributed by atoms with Crippen molar-refractivity contribution in [1.82, 2.24) is 0 Å². The maximum absolute atomic E-state index is 12.6. The monoisotopic (exact) mass is 551 g/mol. The Morgan fingerprint density at radius 2 is 1.72 bits per heavy atom. The molecule has 0 atom stereocenters. The number of rotatable bonds is 3. The van der Waals surface area contributed by atoms with Crippen LogP contribution in [0.1, 0.15) is 16.7 Å². The molecule has 1 N–H and O–H groups in total. The Hall–Kier alpha value is -1.79. The molecule has 0 saturated carbocycles. The van der Waals surface area contributed by atoms with Crippen molar-refractivity contribution >= 4 is 78.3 Å². The van der Waals surface area contributed by atoms with Crippen LogP contribution in [-0.2, 0) is 4.79 Å². The summed E-state index contributed by atoms with van der Waals surface area (Å²) in [5.41, 5.74) is 4.11. The average Bonchev–Trinajstić information content (AvgIpc) is 3.00. The molecule has 29 heavy (non-hydrogen) atoms. The molecule has 0 bridgehead atoms.